The van der Waals surface area contributed by atoms with Gasteiger partial charge in [-0.3, -0.25) is 5.32 Å². The number of hydrogen-bond acceptors (Lipinski definition) is 4. The highest BCUT2D eigenvalue weighted by Gasteiger charge is 2.18. The van der Waals surface area contributed by atoms with Crippen molar-refractivity contribution in [3.8, 4) is 11.5 Å². The minimum Gasteiger partial charge on any atom is -0.419 e. The molecule has 0 bridgehead atoms. The van der Waals surface area contributed by atoms with Gasteiger partial charge in [-0.2, -0.15) is 0 Å². The Balaban J connectivity index is 1.54. The molecular formula is C23H23N3O. The average molecular weight is 357 g/mol. The number of nitrogens with one attached hydrogen (secondary N) is 1. The first-order chi connectivity index (χ1) is 13.1. The number of aryl methyl sites for hydroxylation is 1. The van der Waals surface area contributed by atoms with E-state index < -0.39 is 0 Å². The summed E-state index contributed by atoms with van der Waals surface area (Å²) < 4.78 is 5.93. The van der Waals surface area contributed by atoms with Gasteiger partial charge >= 0.3 is 0 Å². The summed E-state index contributed by atoms with van der Waals surface area (Å²) >= 11 is 0. The van der Waals surface area contributed by atoms with Crippen molar-refractivity contribution in [3.05, 3.63) is 83.7 Å². The molecule has 0 aliphatic rings. The zero-order valence-corrected chi connectivity index (χ0v) is 15.8. The van der Waals surface area contributed by atoms with Crippen LogP contribution < -0.4 is 5.32 Å². The second kappa shape index (κ2) is 7.33. The van der Waals surface area contributed by atoms with E-state index in [4.69, 9.17) is 4.42 Å². The van der Waals surface area contributed by atoms with Crippen LogP contribution in [0.25, 0.3) is 22.2 Å². The van der Waals surface area contributed by atoms with Gasteiger partial charge in [0.2, 0.25) is 11.8 Å². The minimum absolute atomic E-state index is 0.0509. The fourth-order valence-corrected chi connectivity index (χ4v) is 3.47. The van der Waals surface area contributed by atoms with Gasteiger partial charge in [0.25, 0.3) is 0 Å². The summed E-state index contributed by atoms with van der Waals surface area (Å²) in [6, 6.07) is 23.0. The Bertz CT molecular complexity index is 1060. The summed E-state index contributed by atoms with van der Waals surface area (Å²) in [5, 5.41) is 14.6. The Morgan fingerprint density at radius 2 is 1.63 bits per heavy atom. The molecule has 0 saturated heterocycles. The van der Waals surface area contributed by atoms with Crippen LogP contribution >= 0.6 is 0 Å². The second-order valence-corrected chi connectivity index (χ2v) is 6.99. The minimum atomic E-state index is -0.0509. The van der Waals surface area contributed by atoms with Gasteiger partial charge in [-0.25, -0.2) is 0 Å². The van der Waals surface area contributed by atoms with Gasteiger partial charge in [-0.05, 0) is 49.2 Å². The normalized spacial score (nSPS) is 13.6. The highest BCUT2D eigenvalue weighted by molar-refractivity contribution is 5.86. The standard InChI is InChI=1S/C23H23N3O/c1-15-8-6-11-19(14-15)23-26-25-22(27-23)17(3)24-16(2)20-13-7-10-18-9-4-5-12-21(18)20/h4-14,16-17,24H,1-3H3/t16-,17+/m1/s1. The topological polar surface area (TPSA) is 51.0 Å². The first-order valence-electron chi connectivity index (χ1n) is 9.26. The lowest BCUT2D eigenvalue weighted by atomic mass is 9.99. The largest absolute Gasteiger partial charge is 0.419 e. The highest BCUT2D eigenvalue weighted by atomic mass is 16.4. The third kappa shape index (κ3) is 3.62. The summed E-state index contributed by atoms with van der Waals surface area (Å²) in [7, 11) is 0. The molecule has 136 valence electrons. The van der Waals surface area contributed by atoms with E-state index in [-0.39, 0.29) is 12.1 Å². The average Bonchev–Trinajstić information content (AvgIpc) is 3.18. The third-order valence-electron chi connectivity index (χ3n) is 4.87. The smallest absolute Gasteiger partial charge is 0.247 e. The lowest BCUT2D eigenvalue weighted by Crippen LogP contribution is -2.23. The molecule has 0 radical (unpaired) electrons. The van der Waals surface area contributed by atoms with Gasteiger partial charge in [0, 0.05) is 11.6 Å². The number of aromatic nitrogens is 2. The van der Waals surface area contributed by atoms with Crippen molar-refractivity contribution in [2.45, 2.75) is 32.9 Å². The number of hydrogen-bond donors (Lipinski definition) is 1. The Labute approximate surface area is 159 Å². The van der Waals surface area contributed by atoms with E-state index in [2.05, 4.69) is 84.8 Å². The monoisotopic (exact) mass is 357 g/mol. The molecule has 0 aliphatic heterocycles. The third-order valence-corrected chi connectivity index (χ3v) is 4.87. The molecule has 4 rings (SSSR count). The van der Waals surface area contributed by atoms with Crippen LogP contribution in [0.3, 0.4) is 0 Å². The number of fused-ring (bicyclic) bond motifs is 1. The van der Waals surface area contributed by atoms with Crippen molar-refractivity contribution >= 4 is 10.8 Å². The van der Waals surface area contributed by atoms with Gasteiger partial charge in [-0.15, -0.1) is 10.2 Å². The molecule has 3 aromatic carbocycles. The molecule has 4 nitrogen and oxygen atoms in total. The number of benzene rings is 3. The lowest BCUT2D eigenvalue weighted by molar-refractivity contribution is 0.395. The Morgan fingerprint density at radius 3 is 2.48 bits per heavy atom. The number of nitrogens with zero attached hydrogens (tertiary/aromatic N) is 2. The first kappa shape index (κ1) is 17.4. The van der Waals surface area contributed by atoms with E-state index in [1.807, 2.05) is 18.2 Å². The fourth-order valence-electron chi connectivity index (χ4n) is 3.47. The lowest BCUT2D eigenvalue weighted by Gasteiger charge is -2.19. The van der Waals surface area contributed by atoms with Crippen LogP contribution in [-0.2, 0) is 0 Å². The van der Waals surface area contributed by atoms with Gasteiger partial charge < -0.3 is 4.42 Å². The quantitative estimate of drug-likeness (QED) is 0.504. The van der Waals surface area contributed by atoms with E-state index in [0.29, 0.717) is 11.8 Å². The summed E-state index contributed by atoms with van der Waals surface area (Å²) in [4.78, 5) is 0. The molecule has 0 fully saturated rings. The Hall–Kier alpha value is -2.98. The summed E-state index contributed by atoms with van der Waals surface area (Å²) in [6.07, 6.45) is 0. The number of rotatable bonds is 5. The highest BCUT2D eigenvalue weighted by Crippen LogP contribution is 2.27. The van der Waals surface area contributed by atoms with E-state index >= 15 is 0 Å². The maximum absolute atomic E-state index is 5.93. The molecule has 2 atom stereocenters. The van der Waals surface area contributed by atoms with Crippen LogP contribution in [0.4, 0.5) is 0 Å². The van der Waals surface area contributed by atoms with Gasteiger partial charge in [0.15, 0.2) is 0 Å². The summed E-state index contributed by atoms with van der Waals surface area (Å²) in [5.74, 6) is 1.15. The van der Waals surface area contributed by atoms with Gasteiger partial charge in [0.1, 0.15) is 0 Å². The summed E-state index contributed by atoms with van der Waals surface area (Å²) in [6.45, 7) is 6.27. The maximum atomic E-state index is 5.93. The molecule has 1 N–H and O–H groups in total. The maximum Gasteiger partial charge on any atom is 0.247 e. The van der Waals surface area contributed by atoms with Crippen molar-refractivity contribution in [2.24, 2.45) is 0 Å². The van der Waals surface area contributed by atoms with Crippen molar-refractivity contribution < 1.29 is 4.42 Å². The molecule has 4 aromatic rings. The van der Waals surface area contributed by atoms with Crippen LogP contribution in [0.2, 0.25) is 0 Å². The zero-order chi connectivity index (χ0) is 18.8. The van der Waals surface area contributed by atoms with Crippen LogP contribution in [-0.4, -0.2) is 10.2 Å². The van der Waals surface area contributed by atoms with Crippen molar-refractivity contribution in [3.63, 3.8) is 0 Å². The van der Waals surface area contributed by atoms with Crippen LogP contribution in [0.1, 0.15) is 42.9 Å². The van der Waals surface area contributed by atoms with E-state index in [1.165, 1.54) is 21.9 Å². The van der Waals surface area contributed by atoms with Crippen LogP contribution in [0, 0.1) is 6.92 Å². The molecule has 0 saturated carbocycles. The van der Waals surface area contributed by atoms with E-state index in [0.717, 1.165) is 5.56 Å². The molecular weight excluding hydrogens is 334 g/mol. The van der Waals surface area contributed by atoms with Gasteiger partial charge in [0.05, 0.1) is 6.04 Å². The molecule has 1 heterocycles. The van der Waals surface area contributed by atoms with Crippen LogP contribution in [0.5, 0.6) is 0 Å². The van der Waals surface area contributed by atoms with Gasteiger partial charge in [-0.1, -0.05) is 60.2 Å². The fraction of sp³-hybridized carbons (Fsp3) is 0.217. The van der Waals surface area contributed by atoms with E-state index in [9.17, 15) is 0 Å². The molecule has 27 heavy (non-hydrogen) atoms. The predicted molar refractivity (Wildman–Crippen MR) is 108 cm³/mol. The Kier molecular flexibility index (Phi) is 4.73. The molecule has 4 heteroatoms. The molecule has 1 aromatic heterocycles. The van der Waals surface area contributed by atoms with Crippen molar-refractivity contribution in [1.29, 1.82) is 0 Å². The molecule has 0 aliphatic carbocycles. The zero-order valence-electron chi connectivity index (χ0n) is 15.8. The second-order valence-electron chi connectivity index (χ2n) is 6.99. The predicted octanol–water partition coefficient (Wildman–Crippen LogP) is 5.61. The van der Waals surface area contributed by atoms with Crippen LogP contribution in [0.15, 0.2) is 71.1 Å². The SMILES string of the molecule is Cc1cccc(-c2nnc([C@H](C)N[C@H](C)c3cccc4ccccc34)o2)c1. The Morgan fingerprint density at radius 1 is 0.852 bits per heavy atom. The first-order valence-corrected chi connectivity index (χ1v) is 9.26. The molecule has 0 amide bonds. The van der Waals surface area contributed by atoms with Crippen molar-refractivity contribution in [1.82, 2.24) is 15.5 Å². The molecule has 0 spiro atoms. The molecule has 0 unspecified atom stereocenters. The summed E-state index contributed by atoms with van der Waals surface area (Å²) in [5.41, 5.74) is 3.38. The van der Waals surface area contributed by atoms with Crippen molar-refractivity contribution in [2.75, 3.05) is 0 Å². The van der Waals surface area contributed by atoms with E-state index in [1.54, 1.807) is 0 Å².